The number of nitrogens with one attached hydrogen (secondary N) is 1. The van der Waals surface area contributed by atoms with Crippen molar-refractivity contribution in [3.63, 3.8) is 0 Å². The molecule has 150 valence electrons. The largest absolute Gasteiger partial charge is 0.322 e. The fourth-order valence-electron chi connectivity index (χ4n) is 2.98. The average Bonchev–Trinajstić information content (AvgIpc) is 2.69. The fraction of sp³-hybridized carbons (Fsp3) is 0.227. The first kappa shape index (κ1) is 20.4. The molecule has 0 radical (unpaired) electrons. The van der Waals surface area contributed by atoms with Crippen LogP contribution in [0.2, 0.25) is 0 Å². The van der Waals surface area contributed by atoms with Gasteiger partial charge in [0.15, 0.2) is 0 Å². The molecule has 1 aromatic heterocycles. The van der Waals surface area contributed by atoms with Crippen molar-refractivity contribution in [2.45, 2.75) is 33.2 Å². The Morgan fingerprint density at radius 3 is 2.52 bits per heavy atom. The van der Waals surface area contributed by atoms with Gasteiger partial charge in [0.05, 0.1) is 11.4 Å². The van der Waals surface area contributed by atoms with Crippen molar-refractivity contribution in [1.29, 1.82) is 0 Å². The highest BCUT2D eigenvalue weighted by Gasteiger charge is 2.22. The van der Waals surface area contributed by atoms with E-state index in [1.165, 1.54) is 6.07 Å². The summed E-state index contributed by atoms with van der Waals surface area (Å²) in [5.74, 6) is -2.09. The summed E-state index contributed by atoms with van der Waals surface area (Å²) in [5, 5.41) is 6.71. The smallest absolute Gasteiger partial charge is 0.267 e. The molecule has 7 heteroatoms. The molecule has 0 fully saturated rings. The molecule has 0 saturated carbocycles. The Bertz CT molecular complexity index is 1130. The summed E-state index contributed by atoms with van der Waals surface area (Å²) >= 11 is 0. The maximum Gasteiger partial charge on any atom is 0.267 e. The molecule has 0 aliphatic heterocycles. The molecule has 0 bridgehead atoms. The normalized spacial score (nSPS) is 11.9. The number of nitrogens with zero attached hydrogens (tertiary/aromatic N) is 2. The Morgan fingerprint density at radius 1 is 1.07 bits per heavy atom. The van der Waals surface area contributed by atoms with Crippen LogP contribution in [-0.4, -0.2) is 15.7 Å². The third-order valence-electron chi connectivity index (χ3n) is 4.80. The summed E-state index contributed by atoms with van der Waals surface area (Å²) in [7, 11) is 0. The number of rotatable bonds is 5. The number of amides is 1. The molecular weight excluding hydrogens is 376 g/mol. The van der Waals surface area contributed by atoms with Gasteiger partial charge in [-0.15, -0.1) is 0 Å². The van der Waals surface area contributed by atoms with E-state index in [1.807, 2.05) is 32.0 Å². The zero-order valence-electron chi connectivity index (χ0n) is 16.4. The molecule has 3 aromatic rings. The van der Waals surface area contributed by atoms with Crippen molar-refractivity contribution in [3.8, 4) is 11.3 Å². The van der Waals surface area contributed by atoms with Crippen LogP contribution in [0.25, 0.3) is 11.3 Å². The highest BCUT2D eigenvalue weighted by Crippen LogP contribution is 2.21. The summed E-state index contributed by atoms with van der Waals surface area (Å²) in [5.41, 5.74) is 2.81. The van der Waals surface area contributed by atoms with Crippen molar-refractivity contribution >= 4 is 11.6 Å². The molecular formula is C22H21F2N3O2. The van der Waals surface area contributed by atoms with E-state index in [0.29, 0.717) is 5.69 Å². The number of benzene rings is 2. The van der Waals surface area contributed by atoms with Crippen LogP contribution in [0.1, 0.15) is 30.5 Å². The topological polar surface area (TPSA) is 64.0 Å². The number of carbonyl (C=O) groups is 1. The maximum atomic E-state index is 13.9. The van der Waals surface area contributed by atoms with Crippen LogP contribution in [0.15, 0.2) is 53.3 Å². The van der Waals surface area contributed by atoms with Gasteiger partial charge >= 0.3 is 0 Å². The van der Waals surface area contributed by atoms with Gasteiger partial charge in [-0.2, -0.15) is 5.10 Å². The van der Waals surface area contributed by atoms with Crippen LogP contribution < -0.4 is 10.9 Å². The minimum Gasteiger partial charge on any atom is -0.322 e. The second-order valence-corrected chi connectivity index (χ2v) is 6.84. The first-order valence-corrected chi connectivity index (χ1v) is 9.23. The summed E-state index contributed by atoms with van der Waals surface area (Å²) in [6.45, 7) is 5.68. The molecule has 0 saturated heterocycles. The predicted molar refractivity (Wildman–Crippen MR) is 108 cm³/mol. The number of hydrogen-bond donors (Lipinski definition) is 1. The molecule has 2 aromatic carbocycles. The van der Waals surface area contributed by atoms with Crippen molar-refractivity contribution < 1.29 is 13.6 Å². The summed E-state index contributed by atoms with van der Waals surface area (Å²) in [6.07, 6.45) is 0.242. The number of aromatic nitrogens is 2. The van der Waals surface area contributed by atoms with Crippen molar-refractivity contribution in [1.82, 2.24) is 9.78 Å². The number of halogens is 2. The van der Waals surface area contributed by atoms with Gasteiger partial charge in [-0.25, -0.2) is 13.5 Å². The van der Waals surface area contributed by atoms with Crippen LogP contribution in [0.4, 0.5) is 14.5 Å². The van der Waals surface area contributed by atoms with E-state index in [1.54, 1.807) is 13.0 Å². The zero-order chi connectivity index (χ0) is 21.1. The monoisotopic (exact) mass is 397 g/mol. The molecule has 5 nitrogen and oxygen atoms in total. The second kappa shape index (κ2) is 8.34. The predicted octanol–water partition coefficient (Wildman–Crippen LogP) is 4.40. The number of hydrogen-bond acceptors (Lipinski definition) is 3. The SMILES string of the molecule is CC[C@H](C(=O)Nc1cc(F)ccc1F)n1nc(-c2ccc(C)c(C)c2)ccc1=O. The van der Waals surface area contributed by atoms with E-state index in [9.17, 15) is 18.4 Å². The Kier molecular flexibility index (Phi) is 5.87. The lowest BCUT2D eigenvalue weighted by Gasteiger charge is -2.18. The van der Waals surface area contributed by atoms with Gasteiger partial charge in [-0.05, 0) is 55.7 Å². The summed E-state index contributed by atoms with van der Waals surface area (Å²) in [6, 6.07) is 10.5. The summed E-state index contributed by atoms with van der Waals surface area (Å²) in [4.78, 5) is 25.1. The third-order valence-corrected chi connectivity index (χ3v) is 4.80. The van der Waals surface area contributed by atoms with Crippen molar-refractivity contribution in [2.75, 3.05) is 5.32 Å². The van der Waals surface area contributed by atoms with E-state index >= 15 is 0 Å². The average molecular weight is 397 g/mol. The molecule has 0 aliphatic rings. The molecule has 1 N–H and O–H groups in total. The van der Waals surface area contributed by atoms with Gasteiger partial charge in [0.25, 0.3) is 5.56 Å². The molecule has 29 heavy (non-hydrogen) atoms. The lowest BCUT2D eigenvalue weighted by molar-refractivity contribution is -0.119. The lowest BCUT2D eigenvalue weighted by Crippen LogP contribution is -2.34. The van der Waals surface area contributed by atoms with Crippen molar-refractivity contribution in [3.05, 3.63) is 81.6 Å². The molecule has 1 heterocycles. The van der Waals surface area contributed by atoms with Crippen LogP contribution in [0.5, 0.6) is 0 Å². The minimum atomic E-state index is -0.975. The maximum absolute atomic E-state index is 13.9. The standard InChI is InChI=1S/C22H21F2N3O2/c1-4-20(22(29)25-19-12-16(23)7-8-17(19)24)27-21(28)10-9-18(26-27)15-6-5-13(2)14(3)11-15/h5-12,20H,4H2,1-3H3,(H,25,29)/t20-/m1/s1. The Labute approximate surface area is 167 Å². The molecule has 1 atom stereocenters. The third kappa shape index (κ3) is 4.39. The zero-order valence-corrected chi connectivity index (χ0v) is 16.4. The van der Waals surface area contributed by atoms with Crippen LogP contribution in [-0.2, 0) is 4.79 Å². The first-order valence-electron chi connectivity index (χ1n) is 9.23. The Hall–Kier alpha value is -3.35. The highest BCUT2D eigenvalue weighted by atomic mass is 19.1. The minimum absolute atomic E-state index is 0.242. The summed E-state index contributed by atoms with van der Waals surface area (Å²) < 4.78 is 28.3. The Morgan fingerprint density at radius 2 is 1.83 bits per heavy atom. The van der Waals surface area contributed by atoms with E-state index in [0.717, 1.165) is 39.6 Å². The van der Waals surface area contributed by atoms with Gasteiger partial charge in [0, 0.05) is 17.7 Å². The number of aryl methyl sites for hydroxylation is 2. The first-order chi connectivity index (χ1) is 13.8. The second-order valence-electron chi connectivity index (χ2n) is 6.84. The van der Waals surface area contributed by atoms with Crippen molar-refractivity contribution in [2.24, 2.45) is 0 Å². The van der Waals surface area contributed by atoms with Gasteiger partial charge in [-0.3, -0.25) is 9.59 Å². The molecule has 0 unspecified atom stereocenters. The van der Waals surface area contributed by atoms with E-state index in [4.69, 9.17) is 0 Å². The fourth-order valence-corrected chi connectivity index (χ4v) is 2.98. The molecule has 3 rings (SSSR count). The molecule has 1 amide bonds. The van der Waals surface area contributed by atoms with E-state index in [-0.39, 0.29) is 12.1 Å². The molecule has 0 aliphatic carbocycles. The van der Waals surface area contributed by atoms with Gasteiger partial charge in [0.1, 0.15) is 17.7 Å². The van der Waals surface area contributed by atoms with Gasteiger partial charge in [-0.1, -0.05) is 19.1 Å². The Balaban J connectivity index is 1.96. The number of carbonyl (C=O) groups excluding carboxylic acids is 1. The van der Waals surface area contributed by atoms with Crippen LogP contribution in [0, 0.1) is 25.5 Å². The van der Waals surface area contributed by atoms with E-state index in [2.05, 4.69) is 10.4 Å². The van der Waals surface area contributed by atoms with E-state index < -0.39 is 29.1 Å². The highest BCUT2D eigenvalue weighted by molar-refractivity contribution is 5.93. The van der Waals surface area contributed by atoms with Gasteiger partial charge in [0.2, 0.25) is 5.91 Å². The lowest BCUT2D eigenvalue weighted by atomic mass is 10.0. The van der Waals surface area contributed by atoms with Crippen LogP contribution in [0.3, 0.4) is 0 Å². The van der Waals surface area contributed by atoms with Crippen LogP contribution >= 0.6 is 0 Å². The quantitative estimate of drug-likeness (QED) is 0.694. The molecule has 0 spiro atoms. The van der Waals surface area contributed by atoms with Gasteiger partial charge < -0.3 is 5.32 Å². The number of anilines is 1.